The summed E-state index contributed by atoms with van der Waals surface area (Å²) < 4.78 is 37.6. The summed E-state index contributed by atoms with van der Waals surface area (Å²) in [5.41, 5.74) is 0.0603. The Balaban J connectivity index is 2.19. The maximum absolute atomic E-state index is 13.0. The van der Waals surface area contributed by atoms with Gasteiger partial charge in [0.25, 0.3) is 6.43 Å². The van der Waals surface area contributed by atoms with Gasteiger partial charge in [0.1, 0.15) is 11.5 Å². The molecule has 0 amide bonds. The molecule has 2 nitrogen and oxygen atoms in total. The fourth-order valence-corrected chi connectivity index (χ4v) is 2.14. The number of nitrogens with zero attached hydrogens (tertiary/aromatic N) is 1. The smallest absolute Gasteiger partial charge is 0.281 e. The third-order valence-corrected chi connectivity index (χ3v) is 2.85. The van der Waals surface area contributed by atoms with Gasteiger partial charge in [0.15, 0.2) is 5.13 Å². The zero-order chi connectivity index (χ0) is 12.4. The summed E-state index contributed by atoms with van der Waals surface area (Å²) in [6.45, 7) is 0. The molecule has 0 spiro atoms. The van der Waals surface area contributed by atoms with Gasteiger partial charge in [0.05, 0.1) is 0 Å². The van der Waals surface area contributed by atoms with Gasteiger partial charge >= 0.3 is 0 Å². The van der Waals surface area contributed by atoms with Crippen molar-refractivity contribution in [2.24, 2.45) is 0 Å². The number of aromatic nitrogens is 1. The number of hydrogen-bond acceptors (Lipinski definition) is 3. The summed E-state index contributed by atoms with van der Waals surface area (Å²) >= 11 is 6.67. The monoisotopic (exact) mass is 278 g/mol. The average Bonchev–Trinajstić information content (AvgIpc) is 2.64. The summed E-state index contributed by atoms with van der Waals surface area (Å²) in [5.74, 6) is -0.509. The van der Waals surface area contributed by atoms with E-state index in [1.807, 2.05) is 0 Å². The Morgan fingerprint density at radius 2 is 2.06 bits per heavy atom. The molecule has 1 aromatic heterocycles. The highest BCUT2D eigenvalue weighted by Crippen LogP contribution is 2.27. The minimum Gasteiger partial charge on any atom is -0.331 e. The van der Waals surface area contributed by atoms with Gasteiger partial charge in [0.2, 0.25) is 0 Å². The lowest BCUT2D eigenvalue weighted by atomic mass is 10.3. The van der Waals surface area contributed by atoms with Crippen molar-refractivity contribution in [3.63, 3.8) is 0 Å². The Hall–Kier alpha value is -1.27. The topological polar surface area (TPSA) is 24.9 Å². The van der Waals surface area contributed by atoms with Crippen molar-refractivity contribution in [2.75, 3.05) is 5.32 Å². The molecule has 1 heterocycles. The van der Waals surface area contributed by atoms with Crippen LogP contribution in [0.3, 0.4) is 0 Å². The number of nitrogens with one attached hydrogen (secondary N) is 1. The third kappa shape index (κ3) is 3.10. The molecule has 2 aromatic rings. The molecule has 7 heteroatoms. The lowest BCUT2D eigenvalue weighted by molar-refractivity contribution is 0.147. The van der Waals surface area contributed by atoms with Crippen molar-refractivity contribution in [3.05, 3.63) is 40.1 Å². The number of anilines is 2. The van der Waals surface area contributed by atoms with E-state index in [2.05, 4.69) is 10.3 Å². The van der Waals surface area contributed by atoms with Gasteiger partial charge < -0.3 is 5.32 Å². The van der Waals surface area contributed by atoms with Crippen molar-refractivity contribution in [1.29, 1.82) is 0 Å². The van der Waals surface area contributed by atoms with Gasteiger partial charge in [-0.05, 0) is 18.2 Å². The zero-order valence-corrected chi connectivity index (χ0v) is 9.83. The van der Waals surface area contributed by atoms with Crippen LogP contribution >= 0.6 is 22.9 Å². The van der Waals surface area contributed by atoms with Gasteiger partial charge in [0, 0.05) is 16.1 Å². The molecule has 0 aliphatic heterocycles. The lowest BCUT2D eigenvalue weighted by Crippen LogP contribution is -1.92. The molecule has 0 unspecified atom stereocenters. The zero-order valence-electron chi connectivity index (χ0n) is 8.25. The molecule has 0 atom stereocenters. The highest BCUT2D eigenvalue weighted by molar-refractivity contribution is 7.13. The van der Waals surface area contributed by atoms with Crippen molar-refractivity contribution >= 4 is 33.8 Å². The first kappa shape index (κ1) is 12.2. The van der Waals surface area contributed by atoms with E-state index >= 15 is 0 Å². The molecule has 0 radical (unpaired) electrons. The normalized spacial score (nSPS) is 10.9. The lowest BCUT2D eigenvalue weighted by Gasteiger charge is -2.03. The first-order chi connectivity index (χ1) is 8.04. The number of benzene rings is 1. The molecule has 1 aromatic carbocycles. The Kier molecular flexibility index (Phi) is 3.54. The van der Waals surface area contributed by atoms with Gasteiger partial charge in [-0.25, -0.2) is 18.2 Å². The molecule has 90 valence electrons. The first-order valence-corrected chi connectivity index (χ1v) is 5.77. The Morgan fingerprint density at radius 1 is 1.29 bits per heavy atom. The molecule has 0 saturated carbocycles. The molecule has 1 N–H and O–H groups in total. The van der Waals surface area contributed by atoms with E-state index in [4.69, 9.17) is 11.6 Å². The summed E-state index contributed by atoms with van der Waals surface area (Å²) in [6.07, 6.45) is -2.61. The Morgan fingerprint density at radius 3 is 2.65 bits per heavy atom. The molecule has 0 saturated heterocycles. The molecule has 17 heavy (non-hydrogen) atoms. The van der Waals surface area contributed by atoms with Crippen LogP contribution in [0.5, 0.6) is 0 Å². The van der Waals surface area contributed by atoms with Crippen molar-refractivity contribution in [3.8, 4) is 0 Å². The molecule has 0 bridgehead atoms. The minimum absolute atomic E-state index is 0.220. The van der Waals surface area contributed by atoms with Crippen LogP contribution in [0, 0.1) is 5.82 Å². The van der Waals surface area contributed by atoms with Crippen LogP contribution in [-0.4, -0.2) is 4.98 Å². The number of rotatable bonds is 3. The maximum Gasteiger partial charge on any atom is 0.281 e. The maximum atomic E-state index is 13.0. The van der Waals surface area contributed by atoms with Crippen LogP contribution in [0.2, 0.25) is 5.02 Å². The summed E-state index contributed by atoms with van der Waals surface area (Å²) in [7, 11) is 0. The van der Waals surface area contributed by atoms with Gasteiger partial charge in [-0.2, -0.15) is 0 Å². The van der Waals surface area contributed by atoms with E-state index in [-0.39, 0.29) is 15.8 Å². The van der Waals surface area contributed by atoms with Crippen molar-refractivity contribution in [1.82, 2.24) is 4.98 Å². The van der Waals surface area contributed by atoms with Crippen LogP contribution < -0.4 is 5.32 Å². The molecule has 0 aliphatic carbocycles. The highest BCUT2D eigenvalue weighted by Gasteiger charge is 2.12. The largest absolute Gasteiger partial charge is 0.331 e. The average molecular weight is 279 g/mol. The predicted octanol–water partition coefficient (Wildman–Crippen LogP) is 4.62. The number of halogens is 4. The highest BCUT2D eigenvalue weighted by atomic mass is 35.5. The van der Waals surface area contributed by atoms with Crippen LogP contribution in [0.4, 0.5) is 24.0 Å². The summed E-state index contributed by atoms with van der Waals surface area (Å²) in [5, 5.41) is 4.44. The predicted molar refractivity (Wildman–Crippen MR) is 61.8 cm³/mol. The van der Waals surface area contributed by atoms with E-state index in [0.29, 0.717) is 5.69 Å². The number of alkyl halides is 2. The second-order valence-electron chi connectivity index (χ2n) is 3.16. The van der Waals surface area contributed by atoms with Crippen molar-refractivity contribution < 1.29 is 13.2 Å². The third-order valence-electron chi connectivity index (χ3n) is 1.86. The first-order valence-electron chi connectivity index (χ1n) is 4.51. The van der Waals surface area contributed by atoms with Gasteiger partial charge in [-0.3, -0.25) is 0 Å². The Labute approximate surface area is 104 Å². The molecule has 2 rings (SSSR count). The second kappa shape index (κ2) is 4.93. The van der Waals surface area contributed by atoms with Crippen LogP contribution in [0.25, 0.3) is 0 Å². The van der Waals surface area contributed by atoms with Crippen LogP contribution in [0.1, 0.15) is 12.1 Å². The second-order valence-corrected chi connectivity index (χ2v) is 4.46. The van der Waals surface area contributed by atoms with Crippen LogP contribution in [-0.2, 0) is 0 Å². The van der Waals surface area contributed by atoms with E-state index in [0.717, 1.165) is 17.4 Å². The minimum atomic E-state index is -2.61. The summed E-state index contributed by atoms with van der Waals surface area (Å²) in [6, 6.07) is 3.84. The fourth-order valence-electron chi connectivity index (χ4n) is 1.19. The SMILES string of the molecule is Fc1cc(Cl)cc(Nc2nc(C(F)F)cs2)c1. The van der Waals surface area contributed by atoms with E-state index in [9.17, 15) is 13.2 Å². The van der Waals surface area contributed by atoms with E-state index < -0.39 is 12.2 Å². The summed E-state index contributed by atoms with van der Waals surface area (Å²) in [4.78, 5) is 3.66. The van der Waals surface area contributed by atoms with E-state index in [1.165, 1.54) is 17.5 Å². The number of thiazole rings is 1. The molecular weight excluding hydrogens is 273 g/mol. The van der Waals surface area contributed by atoms with Gasteiger partial charge in [-0.15, -0.1) is 11.3 Å². The standard InChI is InChI=1S/C10H6ClF3N2S/c11-5-1-6(12)3-7(2-5)15-10-16-8(4-17-10)9(13)14/h1-4,9H,(H,15,16). The fraction of sp³-hybridized carbons (Fsp3) is 0.100. The molecular formula is C10H6ClF3N2S. The van der Waals surface area contributed by atoms with Crippen LogP contribution in [0.15, 0.2) is 23.6 Å². The van der Waals surface area contributed by atoms with Crippen molar-refractivity contribution in [2.45, 2.75) is 6.43 Å². The van der Waals surface area contributed by atoms with E-state index in [1.54, 1.807) is 0 Å². The molecule has 0 fully saturated rings. The molecule has 0 aliphatic rings. The quantitative estimate of drug-likeness (QED) is 0.886. The van der Waals surface area contributed by atoms with Gasteiger partial charge in [-0.1, -0.05) is 11.6 Å². The number of hydrogen-bond donors (Lipinski definition) is 1. The Bertz CT molecular complexity index is 510.